The molecule has 2 heterocycles. The van der Waals surface area contributed by atoms with Gasteiger partial charge in [0, 0.05) is 27.8 Å². The van der Waals surface area contributed by atoms with Crippen LogP contribution in [-0.4, -0.2) is 16.6 Å². The minimum Gasteiger partial charge on any atom is -0.436 e. The van der Waals surface area contributed by atoms with Crippen molar-refractivity contribution in [1.82, 2.24) is 4.98 Å². The molecule has 0 N–H and O–H groups in total. The smallest absolute Gasteiger partial charge is 0.266 e. The second-order valence-electron chi connectivity index (χ2n) is 7.31. The molecule has 0 unspecified atom stereocenters. The molecule has 5 nitrogen and oxygen atoms in total. The van der Waals surface area contributed by atoms with Crippen LogP contribution in [0.1, 0.15) is 26.5 Å². The van der Waals surface area contributed by atoms with Crippen LogP contribution in [0.5, 0.6) is 0 Å². The highest BCUT2D eigenvalue weighted by molar-refractivity contribution is 6.42. The van der Waals surface area contributed by atoms with Crippen molar-refractivity contribution in [2.45, 2.75) is 0 Å². The van der Waals surface area contributed by atoms with Crippen LogP contribution < -0.4 is 0 Å². The van der Waals surface area contributed by atoms with Crippen LogP contribution in [0.15, 0.2) is 81.1 Å². The summed E-state index contributed by atoms with van der Waals surface area (Å²) < 4.78 is 11.5. The molecule has 6 rings (SSSR count). The van der Waals surface area contributed by atoms with Gasteiger partial charge in [0.1, 0.15) is 5.76 Å². The van der Waals surface area contributed by atoms with Crippen LogP contribution >= 0.6 is 11.6 Å². The second kappa shape index (κ2) is 6.52. The van der Waals surface area contributed by atoms with E-state index in [1.807, 2.05) is 24.3 Å². The molecule has 0 fully saturated rings. The van der Waals surface area contributed by atoms with E-state index < -0.39 is 0 Å². The molecule has 3 aromatic carbocycles. The van der Waals surface area contributed by atoms with Gasteiger partial charge in [-0.25, -0.2) is 0 Å². The maximum atomic E-state index is 12.9. The standard InChI is InChI=1S/C25H12ClNO4/c26-16-7-5-13(6-8-16)24-27-25-21(31-24)12-17(30-25)11-20-22(28)18-9-14-3-1-2-4-15(14)10-19(18)23(20)29/h1-12H. The van der Waals surface area contributed by atoms with Gasteiger partial charge in [-0.2, -0.15) is 4.98 Å². The molecule has 0 saturated carbocycles. The Morgan fingerprint density at radius 2 is 1.45 bits per heavy atom. The van der Waals surface area contributed by atoms with E-state index in [2.05, 4.69) is 4.98 Å². The average Bonchev–Trinajstić information content (AvgIpc) is 3.40. The predicted octanol–water partition coefficient (Wildman–Crippen LogP) is 6.36. The summed E-state index contributed by atoms with van der Waals surface area (Å²) in [5.41, 5.74) is 2.37. The van der Waals surface area contributed by atoms with Crippen molar-refractivity contribution in [2.75, 3.05) is 0 Å². The molecule has 2 aromatic heterocycles. The Morgan fingerprint density at radius 1 is 0.806 bits per heavy atom. The number of carbonyl (C=O) groups is 2. The zero-order valence-corrected chi connectivity index (χ0v) is 16.6. The van der Waals surface area contributed by atoms with Crippen molar-refractivity contribution in [3.05, 3.63) is 94.2 Å². The molecule has 0 spiro atoms. The van der Waals surface area contributed by atoms with Gasteiger partial charge in [-0.1, -0.05) is 35.9 Å². The molecular formula is C25H12ClNO4. The van der Waals surface area contributed by atoms with Crippen molar-refractivity contribution in [3.63, 3.8) is 0 Å². The van der Waals surface area contributed by atoms with Gasteiger partial charge in [0.25, 0.3) is 5.71 Å². The molecule has 1 aliphatic rings. The highest BCUT2D eigenvalue weighted by Crippen LogP contribution is 2.33. The lowest BCUT2D eigenvalue weighted by Crippen LogP contribution is -1.99. The van der Waals surface area contributed by atoms with Gasteiger partial charge in [-0.15, -0.1) is 0 Å². The zero-order chi connectivity index (χ0) is 21.1. The Kier molecular flexibility index (Phi) is 3.76. The van der Waals surface area contributed by atoms with Crippen molar-refractivity contribution >= 4 is 51.3 Å². The molecule has 0 amide bonds. The van der Waals surface area contributed by atoms with Crippen LogP contribution in [0.4, 0.5) is 0 Å². The Morgan fingerprint density at radius 3 is 2.06 bits per heavy atom. The van der Waals surface area contributed by atoms with Gasteiger partial charge in [0.2, 0.25) is 5.89 Å². The number of hydrogen-bond donors (Lipinski definition) is 0. The van der Waals surface area contributed by atoms with E-state index in [1.54, 1.807) is 42.5 Å². The first-order valence-corrected chi connectivity index (χ1v) is 9.95. The first-order chi connectivity index (χ1) is 15.1. The minimum atomic E-state index is -0.311. The molecule has 0 bridgehead atoms. The topological polar surface area (TPSA) is 73.3 Å². The van der Waals surface area contributed by atoms with Crippen LogP contribution in [-0.2, 0) is 0 Å². The third kappa shape index (κ3) is 2.82. The first-order valence-electron chi connectivity index (χ1n) is 9.57. The third-order valence-electron chi connectivity index (χ3n) is 5.35. The zero-order valence-electron chi connectivity index (χ0n) is 15.9. The monoisotopic (exact) mass is 425 g/mol. The highest BCUT2D eigenvalue weighted by atomic mass is 35.5. The molecule has 0 aliphatic heterocycles. The number of benzene rings is 3. The lowest BCUT2D eigenvalue weighted by atomic mass is 10.0. The number of oxazole rings is 1. The summed E-state index contributed by atoms with van der Waals surface area (Å²) in [6, 6.07) is 19.9. The molecular weight excluding hydrogens is 414 g/mol. The number of allylic oxidation sites excluding steroid dienone is 1. The number of Topliss-reactive ketones (excluding diaryl/α,β-unsaturated/α-hetero) is 2. The Balaban J connectivity index is 1.38. The fraction of sp³-hybridized carbons (Fsp3) is 0. The molecule has 31 heavy (non-hydrogen) atoms. The molecule has 6 heteroatoms. The normalized spacial score (nSPS) is 13.4. The number of ketones is 2. The van der Waals surface area contributed by atoms with E-state index in [-0.39, 0.29) is 22.9 Å². The number of fused-ring (bicyclic) bond motifs is 3. The molecule has 148 valence electrons. The van der Waals surface area contributed by atoms with E-state index in [0.29, 0.717) is 33.4 Å². The quantitative estimate of drug-likeness (QED) is 0.243. The summed E-state index contributed by atoms with van der Waals surface area (Å²) >= 11 is 5.91. The molecule has 0 radical (unpaired) electrons. The van der Waals surface area contributed by atoms with Crippen LogP contribution in [0.2, 0.25) is 5.02 Å². The summed E-state index contributed by atoms with van der Waals surface area (Å²) in [5.74, 6) is 0.108. The maximum Gasteiger partial charge on any atom is 0.266 e. The summed E-state index contributed by atoms with van der Waals surface area (Å²) in [6.07, 6.45) is 1.45. The van der Waals surface area contributed by atoms with E-state index in [4.69, 9.17) is 20.4 Å². The molecule has 5 aromatic rings. The fourth-order valence-corrected chi connectivity index (χ4v) is 3.95. The summed E-state index contributed by atoms with van der Waals surface area (Å²) in [5, 5.41) is 2.45. The Hall–Kier alpha value is -3.96. The number of furan rings is 1. The van der Waals surface area contributed by atoms with Crippen LogP contribution in [0.3, 0.4) is 0 Å². The van der Waals surface area contributed by atoms with Gasteiger partial charge in [-0.05, 0) is 53.2 Å². The van der Waals surface area contributed by atoms with Crippen molar-refractivity contribution in [2.24, 2.45) is 0 Å². The van der Waals surface area contributed by atoms with Gasteiger partial charge in [-0.3, -0.25) is 9.59 Å². The summed E-state index contributed by atoms with van der Waals surface area (Å²) in [6.45, 7) is 0. The maximum absolute atomic E-state index is 12.9. The summed E-state index contributed by atoms with van der Waals surface area (Å²) in [4.78, 5) is 30.1. The summed E-state index contributed by atoms with van der Waals surface area (Å²) in [7, 11) is 0. The van der Waals surface area contributed by atoms with Gasteiger partial charge in [0.15, 0.2) is 17.1 Å². The van der Waals surface area contributed by atoms with E-state index in [0.717, 1.165) is 16.3 Å². The van der Waals surface area contributed by atoms with Crippen LogP contribution in [0.25, 0.3) is 39.6 Å². The molecule has 1 aliphatic carbocycles. The number of rotatable bonds is 2. The molecule has 0 saturated heterocycles. The predicted molar refractivity (Wildman–Crippen MR) is 117 cm³/mol. The van der Waals surface area contributed by atoms with Crippen LogP contribution in [0, 0.1) is 0 Å². The highest BCUT2D eigenvalue weighted by Gasteiger charge is 2.33. The fourth-order valence-electron chi connectivity index (χ4n) is 3.82. The van der Waals surface area contributed by atoms with E-state index in [9.17, 15) is 9.59 Å². The lowest BCUT2D eigenvalue weighted by Gasteiger charge is -2.00. The lowest BCUT2D eigenvalue weighted by molar-refractivity contribution is 0.0990. The third-order valence-corrected chi connectivity index (χ3v) is 5.60. The second-order valence-corrected chi connectivity index (χ2v) is 7.74. The minimum absolute atomic E-state index is 0.0691. The largest absolute Gasteiger partial charge is 0.436 e. The SMILES string of the molecule is O=C1C(=Cc2cc3oc(-c4ccc(Cl)cc4)nc3o2)C(=O)c2cc3ccccc3cc21. The Labute approximate surface area is 180 Å². The number of nitrogens with zero attached hydrogens (tertiary/aromatic N) is 1. The van der Waals surface area contributed by atoms with Crippen molar-refractivity contribution in [3.8, 4) is 11.5 Å². The van der Waals surface area contributed by atoms with Gasteiger partial charge >= 0.3 is 0 Å². The number of aromatic nitrogens is 1. The number of halogens is 1. The van der Waals surface area contributed by atoms with Crippen molar-refractivity contribution < 1.29 is 18.4 Å². The number of hydrogen-bond acceptors (Lipinski definition) is 5. The first kappa shape index (κ1) is 17.9. The van der Waals surface area contributed by atoms with E-state index in [1.165, 1.54) is 6.08 Å². The number of carbonyl (C=O) groups excluding carboxylic acids is 2. The Bertz CT molecular complexity index is 1480. The van der Waals surface area contributed by atoms with E-state index >= 15 is 0 Å². The van der Waals surface area contributed by atoms with Gasteiger partial charge in [0.05, 0.1) is 5.57 Å². The average molecular weight is 426 g/mol. The van der Waals surface area contributed by atoms with Gasteiger partial charge < -0.3 is 8.83 Å². The molecule has 0 atom stereocenters. The van der Waals surface area contributed by atoms with Crippen molar-refractivity contribution in [1.29, 1.82) is 0 Å².